The van der Waals surface area contributed by atoms with E-state index >= 15 is 0 Å². The molecule has 0 aliphatic rings. The van der Waals surface area contributed by atoms with Crippen LogP contribution in [0.25, 0.3) is 21.8 Å². The standard InChI is InChI=1S/C24H30BrN3O5.C23H28BrN3O4/c1-24(2,3)33-23(29)27-13-21(19-12-26-20-9-7-16(25)10-18(19)20)28(30)14-15-6-8-17(31-4)11-22(15)32-5;1-23(2,3)31-22(28)26-13-21(19-12-25-20-10-7-16(24)11-18(19)20)27(29)14-15-5-8-17(30-4)9-6-15/h6-12,21,26,30H,13-14H2,1-5H3,(H,27,29);5-12,21,25,29H,13-14H2,1-4H3,(H,26,28). The largest absolute Gasteiger partial charge is 0.497 e. The van der Waals surface area contributed by atoms with Crippen molar-refractivity contribution in [2.75, 3.05) is 34.4 Å². The van der Waals surface area contributed by atoms with Crippen molar-refractivity contribution < 1.29 is 43.7 Å². The number of hydrogen-bond donors (Lipinski definition) is 6. The number of benzene rings is 4. The number of hydroxylamine groups is 4. The van der Waals surface area contributed by atoms with Gasteiger partial charge in [-0.2, -0.15) is 10.1 Å². The summed E-state index contributed by atoms with van der Waals surface area (Å²) in [6.45, 7) is 11.6. The highest BCUT2D eigenvalue weighted by molar-refractivity contribution is 9.10. The number of H-pyrrole nitrogens is 2. The van der Waals surface area contributed by atoms with Gasteiger partial charge in [-0.1, -0.05) is 50.1 Å². The molecule has 2 amide bonds. The van der Waals surface area contributed by atoms with Gasteiger partial charge in [0.05, 0.1) is 40.0 Å². The molecule has 0 aliphatic carbocycles. The van der Waals surface area contributed by atoms with E-state index < -0.39 is 35.5 Å². The third kappa shape index (κ3) is 14.1. The van der Waals surface area contributed by atoms with Crippen molar-refractivity contribution in [3.63, 3.8) is 0 Å². The van der Waals surface area contributed by atoms with E-state index in [-0.39, 0.29) is 26.2 Å². The van der Waals surface area contributed by atoms with Gasteiger partial charge < -0.3 is 54.7 Å². The minimum absolute atomic E-state index is 0.128. The van der Waals surface area contributed by atoms with Crippen LogP contribution in [0.5, 0.6) is 17.2 Å². The van der Waals surface area contributed by atoms with Crippen molar-refractivity contribution in [2.45, 2.75) is 77.9 Å². The van der Waals surface area contributed by atoms with Crippen LogP contribution >= 0.6 is 31.9 Å². The van der Waals surface area contributed by atoms with Gasteiger partial charge in [0, 0.05) is 74.4 Å². The highest BCUT2D eigenvalue weighted by Gasteiger charge is 2.27. The molecule has 6 rings (SSSR count). The summed E-state index contributed by atoms with van der Waals surface area (Å²) in [5.74, 6) is 2.00. The first-order valence-electron chi connectivity index (χ1n) is 20.5. The Bertz CT molecular complexity index is 2480. The molecule has 2 aromatic heterocycles. The van der Waals surface area contributed by atoms with Crippen LogP contribution in [-0.2, 0) is 22.6 Å². The van der Waals surface area contributed by atoms with Crippen LogP contribution in [0.2, 0.25) is 0 Å². The molecular weight excluding hydrogens is 952 g/mol. The van der Waals surface area contributed by atoms with Crippen LogP contribution < -0.4 is 24.8 Å². The Morgan fingerprint density at radius 2 is 1.08 bits per heavy atom. The molecule has 0 bridgehead atoms. The van der Waals surface area contributed by atoms with E-state index in [0.717, 1.165) is 58.8 Å². The lowest BCUT2D eigenvalue weighted by atomic mass is 10.0. The van der Waals surface area contributed by atoms with E-state index in [4.69, 9.17) is 23.7 Å². The highest BCUT2D eigenvalue weighted by atomic mass is 79.9. The van der Waals surface area contributed by atoms with Crippen LogP contribution in [0, 0.1) is 0 Å². The molecule has 0 spiro atoms. The first kappa shape index (κ1) is 49.7. The fourth-order valence-corrected chi connectivity index (χ4v) is 7.54. The molecule has 15 nitrogen and oxygen atoms in total. The summed E-state index contributed by atoms with van der Waals surface area (Å²) < 4.78 is 28.5. The number of carbonyl (C=O) groups excluding carboxylic acids is 2. The second kappa shape index (κ2) is 22.1. The number of aromatic nitrogens is 2. The molecule has 2 heterocycles. The average molecular weight is 1010 g/mol. The summed E-state index contributed by atoms with van der Waals surface area (Å²) in [5.41, 5.74) is 4.01. The molecule has 17 heteroatoms. The van der Waals surface area contributed by atoms with E-state index in [9.17, 15) is 20.0 Å². The number of methoxy groups -OCH3 is 3. The van der Waals surface area contributed by atoms with Gasteiger partial charge in [-0.15, -0.1) is 0 Å². The van der Waals surface area contributed by atoms with E-state index in [0.29, 0.717) is 11.5 Å². The Labute approximate surface area is 390 Å². The molecule has 0 saturated carbocycles. The van der Waals surface area contributed by atoms with Crippen LogP contribution in [0.4, 0.5) is 9.59 Å². The molecule has 64 heavy (non-hydrogen) atoms. The van der Waals surface area contributed by atoms with Gasteiger partial charge in [0.1, 0.15) is 28.5 Å². The SMILES string of the molecule is COc1ccc(CN(O)C(CNC(=O)OC(C)(C)C)c2c[nH]c3ccc(Br)cc23)c(OC)c1.COc1ccc(CN(O)C(CNC(=O)OC(C)(C)C)c2c[nH]c3ccc(Br)cc23)cc1. The number of alkyl carbamates (subject to hydrolysis) is 2. The number of carbonyl (C=O) groups is 2. The van der Waals surface area contributed by atoms with Gasteiger partial charge in [0.25, 0.3) is 0 Å². The molecule has 344 valence electrons. The number of amides is 2. The van der Waals surface area contributed by atoms with E-state index in [1.54, 1.807) is 48.2 Å². The Balaban J connectivity index is 0.000000241. The fourth-order valence-electron chi connectivity index (χ4n) is 6.82. The number of rotatable bonds is 15. The third-order valence-corrected chi connectivity index (χ3v) is 10.8. The zero-order chi connectivity index (χ0) is 46.8. The summed E-state index contributed by atoms with van der Waals surface area (Å²) in [7, 11) is 4.76. The number of nitrogens with zero attached hydrogens (tertiary/aromatic N) is 2. The summed E-state index contributed by atoms with van der Waals surface area (Å²) in [5, 5.41) is 32.1. The number of fused-ring (bicyclic) bond motifs is 2. The third-order valence-electron chi connectivity index (χ3n) is 9.80. The summed E-state index contributed by atoms with van der Waals surface area (Å²) in [6.07, 6.45) is 2.61. The highest BCUT2D eigenvalue weighted by Crippen LogP contribution is 2.34. The van der Waals surface area contributed by atoms with Crippen LogP contribution in [-0.4, -0.2) is 88.3 Å². The molecular formula is C47H58Br2N6O9. The smallest absolute Gasteiger partial charge is 0.407 e. The second-order valence-electron chi connectivity index (χ2n) is 16.9. The van der Waals surface area contributed by atoms with Gasteiger partial charge in [-0.05, 0) is 113 Å². The molecule has 6 aromatic rings. The van der Waals surface area contributed by atoms with Gasteiger partial charge in [-0.3, -0.25) is 0 Å². The minimum Gasteiger partial charge on any atom is -0.497 e. The number of halogens is 2. The lowest BCUT2D eigenvalue weighted by molar-refractivity contribution is -0.136. The summed E-state index contributed by atoms with van der Waals surface area (Å²) in [4.78, 5) is 31.0. The minimum atomic E-state index is -0.624. The van der Waals surface area contributed by atoms with E-state index in [2.05, 4.69) is 52.5 Å². The lowest BCUT2D eigenvalue weighted by Crippen LogP contribution is -2.39. The molecule has 0 radical (unpaired) electrons. The van der Waals surface area contributed by atoms with Crippen LogP contribution in [0.3, 0.4) is 0 Å². The molecule has 0 fully saturated rings. The maximum absolute atomic E-state index is 12.3. The Hall–Kier alpha value is -5.30. The normalized spacial score (nSPS) is 12.7. The summed E-state index contributed by atoms with van der Waals surface area (Å²) in [6, 6.07) is 23.6. The van der Waals surface area contributed by atoms with Crippen LogP contribution in [0.15, 0.2) is 100 Å². The zero-order valence-electron chi connectivity index (χ0n) is 37.5. The summed E-state index contributed by atoms with van der Waals surface area (Å²) >= 11 is 7.02. The molecule has 2 atom stereocenters. The van der Waals surface area contributed by atoms with Crippen LogP contribution in [0.1, 0.15) is 75.9 Å². The van der Waals surface area contributed by atoms with Gasteiger partial charge >= 0.3 is 12.2 Å². The molecule has 0 saturated heterocycles. The van der Waals surface area contributed by atoms with Crippen molar-refractivity contribution in [1.82, 2.24) is 30.7 Å². The Kier molecular flexibility index (Phi) is 17.1. The number of ether oxygens (including phenoxy) is 5. The molecule has 4 aromatic carbocycles. The number of hydrogen-bond acceptors (Lipinski definition) is 11. The Morgan fingerprint density at radius 3 is 1.52 bits per heavy atom. The Morgan fingerprint density at radius 1 is 0.625 bits per heavy atom. The second-order valence-corrected chi connectivity index (χ2v) is 18.7. The first-order chi connectivity index (χ1) is 30.3. The quantitative estimate of drug-likeness (QED) is 0.0539. The number of aromatic amines is 2. The first-order valence-corrected chi connectivity index (χ1v) is 22.1. The zero-order valence-corrected chi connectivity index (χ0v) is 40.7. The monoisotopic (exact) mass is 1010 g/mol. The number of nitrogens with one attached hydrogen (secondary N) is 4. The topological polar surface area (TPSA) is 183 Å². The maximum Gasteiger partial charge on any atom is 0.407 e. The van der Waals surface area contributed by atoms with Crippen molar-refractivity contribution in [3.05, 3.63) is 122 Å². The maximum atomic E-state index is 12.3. The van der Waals surface area contributed by atoms with Gasteiger partial charge in [-0.25, -0.2) is 9.59 Å². The average Bonchev–Trinajstić information content (AvgIpc) is 3.84. The predicted molar refractivity (Wildman–Crippen MR) is 253 cm³/mol. The van der Waals surface area contributed by atoms with Gasteiger partial charge in [0.2, 0.25) is 0 Å². The van der Waals surface area contributed by atoms with Crippen molar-refractivity contribution in [3.8, 4) is 17.2 Å². The fraction of sp³-hybridized carbons (Fsp3) is 0.362. The lowest BCUT2D eigenvalue weighted by Gasteiger charge is -2.28. The van der Waals surface area contributed by atoms with Gasteiger partial charge in [0.15, 0.2) is 0 Å². The molecule has 2 unspecified atom stereocenters. The molecule has 0 aliphatic heterocycles. The van der Waals surface area contributed by atoms with Crippen molar-refractivity contribution in [2.24, 2.45) is 0 Å². The van der Waals surface area contributed by atoms with E-state index in [1.807, 2.05) is 106 Å². The molecule has 6 N–H and O–H groups in total. The van der Waals surface area contributed by atoms with E-state index in [1.165, 1.54) is 10.1 Å². The van der Waals surface area contributed by atoms with Crippen molar-refractivity contribution >= 4 is 65.9 Å². The predicted octanol–water partition coefficient (Wildman–Crippen LogP) is 10.8. The van der Waals surface area contributed by atoms with Crippen molar-refractivity contribution in [1.29, 1.82) is 0 Å².